The van der Waals surface area contributed by atoms with E-state index in [9.17, 15) is 9.59 Å². The molecule has 154 valence electrons. The van der Waals surface area contributed by atoms with Crippen LogP contribution in [-0.2, 0) is 16.1 Å². The Bertz CT molecular complexity index is 644. The van der Waals surface area contributed by atoms with Gasteiger partial charge in [0.25, 0.3) is 0 Å². The van der Waals surface area contributed by atoms with Crippen LogP contribution in [0, 0.1) is 24.7 Å². The molecule has 0 radical (unpaired) electrons. The van der Waals surface area contributed by atoms with Crippen molar-refractivity contribution in [2.45, 2.75) is 52.5 Å². The molecule has 5 nitrogen and oxygen atoms in total. The average Bonchev–Trinajstić information content (AvgIpc) is 2.73. The van der Waals surface area contributed by atoms with E-state index in [2.05, 4.69) is 48.7 Å². The van der Waals surface area contributed by atoms with Crippen LogP contribution in [0.2, 0.25) is 0 Å². The number of rotatable bonds is 6. The van der Waals surface area contributed by atoms with Crippen molar-refractivity contribution in [2.75, 3.05) is 26.2 Å². The highest BCUT2D eigenvalue weighted by atomic mass is 16.2. The first-order valence-electron chi connectivity index (χ1n) is 10.8. The average molecular weight is 386 g/mol. The molecule has 0 aliphatic carbocycles. The number of carbonyl (C=O) groups excluding carboxylic acids is 2. The first-order chi connectivity index (χ1) is 13.5. The molecule has 28 heavy (non-hydrogen) atoms. The first-order valence-corrected chi connectivity index (χ1v) is 10.8. The highest BCUT2D eigenvalue weighted by Gasteiger charge is 2.29. The molecule has 2 N–H and O–H groups in total. The molecule has 2 amide bonds. The van der Waals surface area contributed by atoms with Gasteiger partial charge in [-0.2, -0.15) is 0 Å². The minimum atomic E-state index is 0.0227. The Morgan fingerprint density at radius 1 is 1.18 bits per heavy atom. The number of nitrogens with one attached hydrogen (secondary N) is 2. The van der Waals surface area contributed by atoms with Crippen molar-refractivity contribution in [2.24, 2.45) is 17.8 Å². The fourth-order valence-corrected chi connectivity index (χ4v) is 4.37. The van der Waals surface area contributed by atoms with E-state index in [1.54, 1.807) is 0 Å². The van der Waals surface area contributed by atoms with Crippen molar-refractivity contribution < 1.29 is 9.59 Å². The molecule has 2 saturated heterocycles. The Morgan fingerprint density at radius 2 is 1.89 bits per heavy atom. The molecule has 1 aromatic carbocycles. The molecule has 2 fully saturated rings. The lowest BCUT2D eigenvalue weighted by Gasteiger charge is -2.34. The number of hydrogen-bond acceptors (Lipinski definition) is 3. The van der Waals surface area contributed by atoms with Gasteiger partial charge in [0.15, 0.2) is 0 Å². The minimum absolute atomic E-state index is 0.0227. The summed E-state index contributed by atoms with van der Waals surface area (Å²) in [5, 5.41) is 6.50. The summed E-state index contributed by atoms with van der Waals surface area (Å²) in [4.78, 5) is 27.1. The predicted octanol–water partition coefficient (Wildman–Crippen LogP) is 2.88. The Balaban J connectivity index is 1.38. The molecule has 2 aliphatic rings. The number of carbonyl (C=O) groups is 2. The molecule has 5 heteroatoms. The van der Waals surface area contributed by atoms with Gasteiger partial charge in [0, 0.05) is 32.0 Å². The summed E-state index contributed by atoms with van der Waals surface area (Å²) in [5.41, 5.74) is 2.35. The minimum Gasteiger partial charge on any atom is -0.352 e. The topological polar surface area (TPSA) is 61.4 Å². The van der Waals surface area contributed by atoms with Crippen LogP contribution in [0.25, 0.3) is 0 Å². The summed E-state index contributed by atoms with van der Waals surface area (Å²) in [7, 11) is 0. The van der Waals surface area contributed by atoms with Crippen LogP contribution in [0.5, 0.6) is 0 Å². The van der Waals surface area contributed by atoms with E-state index in [0.29, 0.717) is 37.9 Å². The van der Waals surface area contributed by atoms with Crippen molar-refractivity contribution in [1.82, 2.24) is 15.5 Å². The third-order valence-corrected chi connectivity index (χ3v) is 6.44. The first kappa shape index (κ1) is 20.8. The fourth-order valence-electron chi connectivity index (χ4n) is 4.37. The molecular formula is C23H35N3O2. The van der Waals surface area contributed by atoms with Gasteiger partial charge >= 0.3 is 0 Å². The zero-order valence-electron chi connectivity index (χ0n) is 17.4. The summed E-state index contributed by atoms with van der Waals surface area (Å²) in [6.07, 6.45) is 4.61. The third kappa shape index (κ3) is 5.81. The Hall–Kier alpha value is -1.88. The van der Waals surface area contributed by atoms with Crippen molar-refractivity contribution in [3.63, 3.8) is 0 Å². The lowest BCUT2D eigenvalue weighted by molar-refractivity contribution is -0.136. The zero-order valence-corrected chi connectivity index (χ0v) is 17.4. The van der Waals surface area contributed by atoms with Gasteiger partial charge in [-0.1, -0.05) is 36.8 Å². The van der Waals surface area contributed by atoms with E-state index in [-0.39, 0.29) is 17.7 Å². The second-order valence-electron chi connectivity index (χ2n) is 8.65. The second kappa shape index (κ2) is 10.1. The van der Waals surface area contributed by atoms with Gasteiger partial charge in [0.2, 0.25) is 11.8 Å². The van der Waals surface area contributed by atoms with Crippen LogP contribution in [-0.4, -0.2) is 42.9 Å². The van der Waals surface area contributed by atoms with Gasteiger partial charge in [-0.3, -0.25) is 9.59 Å². The molecule has 2 unspecified atom stereocenters. The smallest absolute Gasteiger partial charge is 0.223 e. The number of nitrogens with zero attached hydrogens (tertiary/aromatic N) is 1. The van der Waals surface area contributed by atoms with E-state index >= 15 is 0 Å². The normalized spacial score (nSPS) is 21.9. The third-order valence-electron chi connectivity index (χ3n) is 6.44. The Morgan fingerprint density at radius 3 is 2.54 bits per heavy atom. The molecule has 0 saturated carbocycles. The highest BCUT2D eigenvalue weighted by molar-refractivity contribution is 5.80. The summed E-state index contributed by atoms with van der Waals surface area (Å²) in [6, 6.07) is 8.24. The van der Waals surface area contributed by atoms with E-state index in [0.717, 1.165) is 31.5 Å². The van der Waals surface area contributed by atoms with Crippen LogP contribution < -0.4 is 10.6 Å². The van der Waals surface area contributed by atoms with Gasteiger partial charge in [-0.15, -0.1) is 0 Å². The molecule has 0 aromatic heterocycles. The Labute approximate surface area is 169 Å². The predicted molar refractivity (Wildman–Crippen MR) is 112 cm³/mol. The maximum atomic E-state index is 12.7. The summed E-state index contributed by atoms with van der Waals surface area (Å²) in [5.74, 6) is 1.44. The maximum absolute atomic E-state index is 12.7. The summed E-state index contributed by atoms with van der Waals surface area (Å²) >= 11 is 0. The van der Waals surface area contributed by atoms with Crippen LogP contribution in [0.15, 0.2) is 24.3 Å². The number of benzene rings is 1. The van der Waals surface area contributed by atoms with Gasteiger partial charge in [-0.05, 0) is 63.1 Å². The monoisotopic (exact) mass is 385 g/mol. The molecule has 0 spiro atoms. The summed E-state index contributed by atoms with van der Waals surface area (Å²) in [6.45, 7) is 8.40. The highest BCUT2D eigenvalue weighted by Crippen LogP contribution is 2.25. The SMILES string of the molecule is Cc1ccc(CNC(=O)C2CCN(C(=O)CC(C)C3CCCNC3)CC2)cc1. The van der Waals surface area contributed by atoms with Gasteiger partial charge in [-0.25, -0.2) is 0 Å². The van der Waals surface area contributed by atoms with E-state index in [4.69, 9.17) is 0 Å². The summed E-state index contributed by atoms with van der Waals surface area (Å²) < 4.78 is 0. The van der Waals surface area contributed by atoms with Crippen molar-refractivity contribution in [3.05, 3.63) is 35.4 Å². The Kier molecular flexibility index (Phi) is 7.49. The zero-order chi connectivity index (χ0) is 19.9. The second-order valence-corrected chi connectivity index (χ2v) is 8.65. The molecule has 1 aromatic rings. The molecule has 2 atom stereocenters. The fraction of sp³-hybridized carbons (Fsp3) is 0.652. The van der Waals surface area contributed by atoms with Gasteiger partial charge in [0.1, 0.15) is 0 Å². The van der Waals surface area contributed by atoms with E-state index in [1.165, 1.54) is 18.4 Å². The van der Waals surface area contributed by atoms with Crippen molar-refractivity contribution in [3.8, 4) is 0 Å². The van der Waals surface area contributed by atoms with Crippen molar-refractivity contribution in [1.29, 1.82) is 0 Å². The van der Waals surface area contributed by atoms with E-state index in [1.807, 2.05) is 4.90 Å². The number of hydrogen-bond donors (Lipinski definition) is 2. The molecule has 2 heterocycles. The van der Waals surface area contributed by atoms with E-state index < -0.39 is 0 Å². The molecule has 2 aliphatic heterocycles. The standard InChI is InChI=1S/C23H35N3O2/c1-17-5-7-19(8-6-17)15-25-23(28)20-9-12-26(13-10-20)22(27)14-18(2)21-4-3-11-24-16-21/h5-8,18,20-21,24H,3-4,9-16H2,1-2H3,(H,25,28). The van der Waals surface area contributed by atoms with Crippen LogP contribution in [0.1, 0.15) is 50.2 Å². The lowest BCUT2D eigenvalue weighted by Crippen LogP contribution is -2.44. The van der Waals surface area contributed by atoms with Crippen LogP contribution in [0.3, 0.4) is 0 Å². The largest absolute Gasteiger partial charge is 0.352 e. The number of amides is 2. The molecule has 0 bridgehead atoms. The number of aryl methyl sites for hydroxylation is 1. The maximum Gasteiger partial charge on any atom is 0.223 e. The quantitative estimate of drug-likeness (QED) is 0.792. The number of piperidine rings is 2. The van der Waals surface area contributed by atoms with Crippen LogP contribution in [0.4, 0.5) is 0 Å². The van der Waals surface area contributed by atoms with Crippen LogP contribution >= 0.6 is 0 Å². The van der Waals surface area contributed by atoms with Gasteiger partial charge in [0.05, 0.1) is 0 Å². The molecule has 3 rings (SSSR count). The van der Waals surface area contributed by atoms with Gasteiger partial charge < -0.3 is 15.5 Å². The van der Waals surface area contributed by atoms with Crippen molar-refractivity contribution >= 4 is 11.8 Å². The lowest BCUT2D eigenvalue weighted by atomic mass is 9.85. The molecular weight excluding hydrogens is 350 g/mol. The number of likely N-dealkylation sites (tertiary alicyclic amines) is 1.